The van der Waals surface area contributed by atoms with Gasteiger partial charge in [0.25, 0.3) is 0 Å². The Bertz CT molecular complexity index is 649. The second-order valence-corrected chi connectivity index (χ2v) is 5.51. The zero-order valence-electron chi connectivity index (χ0n) is 11.5. The highest BCUT2D eigenvalue weighted by Crippen LogP contribution is 2.16. The topological polar surface area (TPSA) is 44.1 Å². The number of hydrogen-bond acceptors (Lipinski definition) is 3. The van der Waals surface area contributed by atoms with Crippen molar-refractivity contribution in [2.45, 2.75) is 6.42 Å². The summed E-state index contributed by atoms with van der Waals surface area (Å²) in [5.74, 6) is 0.0399. The summed E-state index contributed by atoms with van der Waals surface area (Å²) in [6, 6.07) is 19.2. The lowest BCUT2D eigenvalue weighted by atomic mass is 10.1. The van der Waals surface area contributed by atoms with Crippen molar-refractivity contribution >= 4 is 27.4 Å². The number of Topliss-reactive ketones (excluding diaryl/α,β-unsaturated/α-hetero) is 1. The molecule has 4 heteroatoms. The van der Waals surface area contributed by atoms with Crippen molar-refractivity contribution in [3.63, 3.8) is 0 Å². The molecule has 0 fully saturated rings. The Balaban J connectivity index is 2.15. The molecule has 0 N–H and O–H groups in total. The third-order valence-corrected chi connectivity index (χ3v) is 3.59. The number of ketones is 1. The molecule has 0 atom stereocenters. The Labute approximate surface area is 132 Å². The third kappa shape index (κ3) is 4.44. The Hall–Kier alpha value is -2.12. The van der Waals surface area contributed by atoms with Gasteiger partial charge in [-0.2, -0.15) is 5.26 Å². The van der Waals surface area contributed by atoms with Gasteiger partial charge in [-0.25, -0.2) is 0 Å². The van der Waals surface area contributed by atoms with E-state index in [1.807, 2.05) is 53.4 Å². The average Bonchev–Trinajstić information content (AvgIpc) is 2.52. The number of carbonyl (C=O) groups is 1. The molecule has 106 valence electrons. The van der Waals surface area contributed by atoms with Gasteiger partial charge in [0.1, 0.15) is 0 Å². The number of rotatable bonds is 6. The lowest BCUT2D eigenvalue weighted by Crippen LogP contribution is -2.30. The number of carbonyl (C=O) groups excluding carboxylic acids is 1. The molecule has 3 nitrogen and oxygen atoms in total. The molecule has 0 heterocycles. The first-order chi connectivity index (χ1) is 10.2. The SMILES string of the molecule is N#CCCN(CC(=O)c1cccc(Br)c1)c1ccccc1. The molecule has 21 heavy (non-hydrogen) atoms. The van der Waals surface area contributed by atoms with Crippen LogP contribution >= 0.6 is 15.9 Å². The molecule has 2 rings (SSSR count). The highest BCUT2D eigenvalue weighted by atomic mass is 79.9. The van der Waals surface area contributed by atoms with Crippen molar-refractivity contribution in [1.29, 1.82) is 5.26 Å². The van der Waals surface area contributed by atoms with Crippen LogP contribution in [0.5, 0.6) is 0 Å². The Morgan fingerprint density at radius 1 is 1.14 bits per heavy atom. The van der Waals surface area contributed by atoms with Gasteiger partial charge >= 0.3 is 0 Å². The molecule has 0 aromatic heterocycles. The first kappa shape index (κ1) is 15.3. The molecule has 2 aromatic carbocycles. The van der Waals surface area contributed by atoms with Gasteiger partial charge in [-0.15, -0.1) is 0 Å². The van der Waals surface area contributed by atoms with Gasteiger partial charge in [-0.05, 0) is 24.3 Å². The predicted molar refractivity (Wildman–Crippen MR) is 87.4 cm³/mol. The molecule has 0 radical (unpaired) electrons. The fourth-order valence-corrected chi connectivity index (χ4v) is 2.45. The summed E-state index contributed by atoms with van der Waals surface area (Å²) in [5, 5.41) is 8.78. The van der Waals surface area contributed by atoms with Crippen LogP contribution in [0.4, 0.5) is 5.69 Å². The van der Waals surface area contributed by atoms with Crippen LogP contribution in [0.25, 0.3) is 0 Å². The molecule has 0 aliphatic rings. The monoisotopic (exact) mass is 342 g/mol. The zero-order chi connectivity index (χ0) is 15.1. The maximum absolute atomic E-state index is 12.4. The van der Waals surface area contributed by atoms with E-state index in [1.54, 1.807) is 6.07 Å². The normalized spacial score (nSPS) is 9.90. The van der Waals surface area contributed by atoms with E-state index in [1.165, 1.54) is 0 Å². The molecule has 0 amide bonds. The smallest absolute Gasteiger partial charge is 0.182 e. The molecule has 0 aliphatic carbocycles. The summed E-state index contributed by atoms with van der Waals surface area (Å²) < 4.78 is 0.886. The molecule has 0 bridgehead atoms. The first-order valence-electron chi connectivity index (χ1n) is 6.66. The molecule has 0 aliphatic heterocycles. The van der Waals surface area contributed by atoms with Gasteiger partial charge in [0.2, 0.25) is 0 Å². The van der Waals surface area contributed by atoms with Crippen molar-refractivity contribution in [2.75, 3.05) is 18.0 Å². The van der Waals surface area contributed by atoms with Gasteiger partial charge in [0.05, 0.1) is 19.0 Å². The minimum atomic E-state index is 0.0399. The summed E-state index contributed by atoms with van der Waals surface area (Å²) in [7, 11) is 0. The molecule has 0 saturated carbocycles. The molecule has 0 unspecified atom stereocenters. The Morgan fingerprint density at radius 2 is 1.90 bits per heavy atom. The molecular weight excluding hydrogens is 328 g/mol. The lowest BCUT2D eigenvalue weighted by Gasteiger charge is -2.23. The minimum Gasteiger partial charge on any atom is -0.363 e. The number of hydrogen-bond donors (Lipinski definition) is 0. The number of nitriles is 1. The maximum Gasteiger partial charge on any atom is 0.182 e. The first-order valence-corrected chi connectivity index (χ1v) is 7.45. The summed E-state index contributed by atoms with van der Waals surface area (Å²) >= 11 is 3.37. The summed E-state index contributed by atoms with van der Waals surface area (Å²) in [5.41, 5.74) is 1.62. The van der Waals surface area contributed by atoms with Crippen LogP contribution in [0.15, 0.2) is 59.1 Å². The van der Waals surface area contributed by atoms with Crippen molar-refractivity contribution < 1.29 is 4.79 Å². The molecule has 0 spiro atoms. The van der Waals surface area contributed by atoms with E-state index >= 15 is 0 Å². The molecule has 0 saturated heterocycles. The summed E-state index contributed by atoms with van der Waals surface area (Å²) in [4.78, 5) is 14.3. The molecule has 2 aromatic rings. The van der Waals surface area contributed by atoms with Crippen LogP contribution in [-0.2, 0) is 0 Å². The second kappa shape index (κ2) is 7.61. The largest absolute Gasteiger partial charge is 0.363 e. The highest BCUT2D eigenvalue weighted by molar-refractivity contribution is 9.10. The number of nitrogens with zero attached hydrogens (tertiary/aromatic N) is 2. The minimum absolute atomic E-state index is 0.0399. The summed E-state index contributed by atoms with van der Waals surface area (Å²) in [6.07, 6.45) is 0.390. The van der Waals surface area contributed by atoms with E-state index in [0.717, 1.165) is 10.2 Å². The average molecular weight is 343 g/mol. The zero-order valence-corrected chi connectivity index (χ0v) is 13.1. The highest BCUT2D eigenvalue weighted by Gasteiger charge is 2.13. The van der Waals surface area contributed by atoms with Crippen LogP contribution in [0.2, 0.25) is 0 Å². The quantitative estimate of drug-likeness (QED) is 0.743. The third-order valence-electron chi connectivity index (χ3n) is 3.10. The van der Waals surface area contributed by atoms with Crippen molar-refractivity contribution in [3.8, 4) is 6.07 Å². The fourth-order valence-electron chi connectivity index (χ4n) is 2.05. The summed E-state index contributed by atoms with van der Waals surface area (Å²) in [6.45, 7) is 0.808. The Morgan fingerprint density at radius 3 is 2.57 bits per heavy atom. The van der Waals surface area contributed by atoms with Gasteiger partial charge < -0.3 is 4.90 Å². The van der Waals surface area contributed by atoms with Crippen molar-refractivity contribution in [3.05, 3.63) is 64.6 Å². The lowest BCUT2D eigenvalue weighted by molar-refractivity contribution is 0.0999. The number of para-hydroxylation sites is 1. The van der Waals surface area contributed by atoms with Gasteiger partial charge in [-0.3, -0.25) is 4.79 Å². The van der Waals surface area contributed by atoms with Crippen LogP contribution in [0.3, 0.4) is 0 Å². The van der Waals surface area contributed by atoms with Gasteiger partial charge in [0.15, 0.2) is 5.78 Å². The van der Waals surface area contributed by atoms with Crippen LogP contribution in [-0.4, -0.2) is 18.9 Å². The van der Waals surface area contributed by atoms with Gasteiger partial charge in [-0.1, -0.05) is 46.3 Å². The number of halogens is 1. The predicted octanol–water partition coefficient (Wildman–Crippen LogP) is 4.05. The fraction of sp³-hybridized carbons (Fsp3) is 0.176. The second-order valence-electron chi connectivity index (χ2n) is 4.60. The van der Waals surface area contributed by atoms with E-state index in [0.29, 0.717) is 18.5 Å². The van der Waals surface area contributed by atoms with Crippen molar-refractivity contribution in [1.82, 2.24) is 0 Å². The van der Waals surface area contributed by atoms with Crippen LogP contribution in [0.1, 0.15) is 16.8 Å². The van der Waals surface area contributed by atoms with Crippen molar-refractivity contribution in [2.24, 2.45) is 0 Å². The maximum atomic E-state index is 12.4. The van der Waals surface area contributed by atoms with E-state index in [-0.39, 0.29) is 12.3 Å². The van der Waals surface area contributed by atoms with Crippen LogP contribution in [0, 0.1) is 11.3 Å². The van der Waals surface area contributed by atoms with Gasteiger partial charge in [0, 0.05) is 22.3 Å². The number of benzene rings is 2. The standard InChI is InChI=1S/C17H15BrN2O/c18-15-7-4-6-14(12-15)17(21)13-20(11-5-10-19)16-8-2-1-3-9-16/h1-4,6-9,12H,5,11,13H2. The Kier molecular flexibility index (Phi) is 5.53. The van der Waals surface area contributed by atoms with E-state index in [9.17, 15) is 4.79 Å². The number of anilines is 1. The van der Waals surface area contributed by atoms with E-state index in [4.69, 9.17) is 5.26 Å². The van der Waals surface area contributed by atoms with E-state index in [2.05, 4.69) is 22.0 Å². The van der Waals surface area contributed by atoms with E-state index < -0.39 is 0 Å². The molecular formula is C17H15BrN2O. The van der Waals surface area contributed by atoms with Crippen LogP contribution < -0.4 is 4.90 Å².